The zero-order valence-electron chi connectivity index (χ0n) is 11.4. The molecule has 1 aromatic carbocycles. The normalized spacial score (nSPS) is 14.7. The molecule has 1 amide bonds. The van der Waals surface area contributed by atoms with E-state index in [1.165, 1.54) is 0 Å². The Kier molecular flexibility index (Phi) is 5.49. The Hall–Kier alpha value is -1.46. The number of carbonyl (C=O) groups is 1. The van der Waals surface area contributed by atoms with Crippen LogP contribution in [-0.2, 0) is 4.74 Å². The van der Waals surface area contributed by atoms with Gasteiger partial charge >= 0.3 is 0 Å². The number of ether oxygens (including phenoxy) is 3. The van der Waals surface area contributed by atoms with Gasteiger partial charge in [-0.05, 0) is 24.6 Å². The molecule has 0 fully saturated rings. The van der Waals surface area contributed by atoms with Gasteiger partial charge in [-0.15, -0.1) is 11.6 Å². The van der Waals surface area contributed by atoms with E-state index in [1.807, 2.05) is 0 Å². The van der Waals surface area contributed by atoms with E-state index >= 15 is 0 Å². The van der Waals surface area contributed by atoms with Gasteiger partial charge in [-0.25, -0.2) is 0 Å². The first kappa shape index (κ1) is 14.9. The minimum atomic E-state index is -0.150. The summed E-state index contributed by atoms with van der Waals surface area (Å²) in [5, 5.41) is 2.72. The van der Waals surface area contributed by atoms with Gasteiger partial charge in [0.15, 0.2) is 11.5 Å². The van der Waals surface area contributed by atoms with Gasteiger partial charge in [0, 0.05) is 19.2 Å². The fourth-order valence-corrected chi connectivity index (χ4v) is 2.13. The average molecular weight is 300 g/mol. The lowest BCUT2D eigenvalue weighted by Crippen LogP contribution is -2.27. The van der Waals surface area contributed by atoms with Crippen LogP contribution in [0.5, 0.6) is 11.5 Å². The maximum atomic E-state index is 12.0. The summed E-state index contributed by atoms with van der Waals surface area (Å²) in [6.07, 6.45) is 0.658. The lowest BCUT2D eigenvalue weighted by atomic mass is 10.1. The molecule has 0 aromatic heterocycles. The number of fused-ring (bicyclic) bond motifs is 1. The van der Waals surface area contributed by atoms with E-state index < -0.39 is 0 Å². The first-order valence-electron chi connectivity index (χ1n) is 6.51. The Morgan fingerprint density at radius 3 is 2.90 bits per heavy atom. The number of halogens is 1. The van der Waals surface area contributed by atoms with Gasteiger partial charge in [0.05, 0.1) is 12.0 Å². The SMILES string of the molecule is COCC(Cl)CCNC(=O)c1ccc2c(c1)OCCO2. The molecule has 1 N–H and O–H groups in total. The molecule has 0 saturated heterocycles. The van der Waals surface area contributed by atoms with Crippen LogP contribution in [0.25, 0.3) is 0 Å². The number of carbonyl (C=O) groups excluding carboxylic acids is 1. The molecule has 20 heavy (non-hydrogen) atoms. The highest BCUT2D eigenvalue weighted by Crippen LogP contribution is 2.30. The minimum absolute atomic E-state index is 0.0967. The van der Waals surface area contributed by atoms with Crippen molar-refractivity contribution in [3.8, 4) is 11.5 Å². The Labute approximate surface area is 123 Å². The minimum Gasteiger partial charge on any atom is -0.486 e. The largest absolute Gasteiger partial charge is 0.486 e. The Bertz CT molecular complexity index is 466. The Morgan fingerprint density at radius 1 is 1.40 bits per heavy atom. The molecule has 1 heterocycles. The predicted octanol–water partition coefficient (Wildman–Crippen LogP) is 1.83. The maximum absolute atomic E-state index is 12.0. The first-order valence-corrected chi connectivity index (χ1v) is 6.95. The van der Waals surface area contributed by atoms with Crippen molar-refractivity contribution in [3.63, 3.8) is 0 Å². The second kappa shape index (κ2) is 7.36. The summed E-state index contributed by atoms with van der Waals surface area (Å²) < 4.78 is 15.8. The third-order valence-electron chi connectivity index (χ3n) is 2.90. The van der Waals surface area contributed by atoms with Crippen LogP contribution in [0, 0.1) is 0 Å². The van der Waals surface area contributed by atoms with E-state index in [2.05, 4.69) is 5.32 Å². The Balaban J connectivity index is 1.86. The van der Waals surface area contributed by atoms with Crippen LogP contribution in [0.2, 0.25) is 0 Å². The molecule has 2 rings (SSSR count). The first-order chi connectivity index (χ1) is 9.70. The highest BCUT2D eigenvalue weighted by Gasteiger charge is 2.15. The molecule has 1 aromatic rings. The summed E-state index contributed by atoms with van der Waals surface area (Å²) in [6.45, 7) is 2.02. The van der Waals surface area contributed by atoms with Crippen molar-refractivity contribution >= 4 is 17.5 Å². The van der Waals surface area contributed by atoms with Crippen LogP contribution in [0.4, 0.5) is 0 Å². The molecule has 1 atom stereocenters. The standard InChI is InChI=1S/C14H18ClNO4/c1-18-9-11(15)4-5-16-14(17)10-2-3-12-13(8-10)20-7-6-19-12/h2-3,8,11H,4-7,9H2,1H3,(H,16,17). The number of hydrogen-bond acceptors (Lipinski definition) is 4. The highest BCUT2D eigenvalue weighted by molar-refractivity contribution is 6.20. The molecule has 0 bridgehead atoms. The summed E-state index contributed by atoms with van der Waals surface area (Å²) in [7, 11) is 1.60. The van der Waals surface area contributed by atoms with E-state index in [0.29, 0.717) is 49.8 Å². The predicted molar refractivity (Wildman–Crippen MR) is 75.9 cm³/mol. The van der Waals surface area contributed by atoms with Gasteiger partial charge in [-0.1, -0.05) is 0 Å². The van der Waals surface area contributed by atoms with Crippen molar-refractivity contribution in [2.24, 2.45) is 0 Å². The van der Waals surface area contributed by atoms with Gasteiger partial charge in [0.25, 0.3) is 5.91 Å². The van der Waals surface area contributed by atoms with Crippen LogP contribution in [-0.4, -0.2) is 44.8 Å². The number of rotatable bonds is 6. The quantitative estimate of drug-likeness (QED) is 0.814. The van der Waals surface area contributed by atoms with Gasteiger partial charge in [-0.2, -0.15) is 0 Å². The lowest BCUT2D eigenvalue weighted by Gasteiger charge is -2.18. The number of alkyl halides is 1. The number of amides is 1. The number of hydrogen-bond donors (Lipinski definition) is 1. The monoisotopic (exact) mass is 299 g/mol. The molecule has 1 unspecified atom stereocenters. The summed E-state index contributed by atoms with van der Waals surface area (Å²) >= 11 is 5.99. The van der Waals surface area contributed by atoms with Crippen molar-refractivity contribution in [1.29, 1.82) is 0 Å². The van der Waals surface area contributed by atoms with E-state index in [4.69, 9.17) is 25.8 Å². The highest BCUT2D eigenvalue weighted by atomic mass is 35.5. The lowest BCUT2D eigenvalue weighted by molar-refractivity contribution is 0.0950. The molecular weight excluding hydrogens is 282 g/mol. The molecule has 0 saturated carbocycles. The van der Waals surface area contributed by atoms with Gasteiger partial charge in [0.2, 0.25) is 0 Å². The van der Waals surface area contributed by atoms with Crippen molar-refractivity contribution < 1.29 is 19.0 Å². The number of benzene rings is 1. The summed E-state index contributed by atoms with van der Waals surface area (Å²) in [4.78, 5) is 12.0. The van der Waals surface area contributed by atoms with Crippen LogP contribution >= 0.6 is 11.6 Å². The van der Waals surface area contributed by atoms with E-state index in [9.17, 15) is 4.79 Å². The molecule has 1 aliphatic heterocycles. The molecule has 0 aliphatic carbocycles. The van der Waals surface area contributed by atoms with Crippen molar-refractivity contribution in [2.45, 2.75) is 11.8 Å². The number of nitrogens with one attached hydrogen (secondary N) is 1. The van der Waals surface area contributed by atoms with Crippen LogP contribution in [0.3, 0.4) is 0 Å². The zero-order valence-corrected chi connectivity index (χ0v) is 12.1. The molecule has 6 heteroatoms. The van der Waals surface area contributed by atoms with Crippen molar-refractivity contribution in [3.05, 3.63) is 23.8 Å². The van der Waals surface area contributed by atoms with Crippen molar-refractivity contribution in [1.82, 2.24) is 5.32 Å². The third kappa shape index (κ3) is 4.02. The van der Waals surface area contributed by atoms with E-state index in [0.717, 1.165) is 0 Å². The Morgan fingerprint density at radius 2 is 2.15 bits per heavy atom. The van der Waals surface area contributed by atoms with Gasteiger partial charge in [0.1, 0.15) is 13.2 Å². The maximum Gasteiger partial charge on any atom is 0.251 e. The van der Waals surface area contributed by atoms with Gasteiger partial charge in [-0.3, -0.25) is 4.79 Å². The third-order valence-corrected chi connectivity index (χ3v) is 3.24. The summed E-state index contributed by atoms with van der Waals surface area (Å²) in [5.74, 6) is 1.13. The molecule has 0 spiro atoms. The topological polar surface area (TPSA) is 56.8 Å². The molecule has 0 radical (unpaired) electrons. The molecule has 5 nitrogen and oxygen atoms in total. The van der Waals surface area contributed by atoms with E-state index in [1.54, 1.807) is 25.3 Å². The molecule has 110 valence electrons. The zero-order chi connectivity index (χ0) is 14.4. The van der Waals surface area contributed by atoms with Crippen LogP contribution in [0.15, 0.2) is 18.2 Å². The molecular formula is C14H18ClNO4. The van der Waals surface area contributed by atoms with Crippen LogP contribution < -0.4 is 14.8 Å². The van der Waals surface area contributed by atoms with Gasteiger partial charge < -0.3 is 19.5 Å². The van der Waals surface area contributed by atoms with Crippen molar-refractivity contribution in [2.75, 3.05) is 33.5 Å². The van der Waals surface area contributed by atoms with E-state index in [-0.39, 0.29) is 11.3 Å². The fraction of sp³-hybridized carbons (Fsp3) is 0.500. The number of methoxy groups -OCH3 is 1. The average Bonchev–Trinajstić information content (AvgIpc) is 2.47. The summed E-state index contributed by atoms with van der Waals surface area (Å²) in [5.41, 5.74) is 0.548. The second-order valence-electron chi connectivity index (χ2n) is 4.46. The fourth-order valence-electron chi connectivity index (χ4n) is 1.89. The molecule has 1 aliphatic rings. The second-order valence-corrected chi connectivity index (χ2v) is 5.07. The smallest absolute Gasteiger partial charge is 0.251 e. The summed E-state index contributed by atoms with van der Waals surface area (Å²) in [6, 6.07) is 5.16. The van der Waals surface area contributed by atoms with Crippen LogP contribution in [0.1, 0.15) is 16.8 Å².